The number of benzene rings is 2. The van der Waals surface area contributed by atoms with E-state index in [9.17, 15) is 4.79 Å². The highest BCUT2D eigenvalue weighted by atomic mass is 32.2. The lowest BCUT2D eigenvalue weighted by Gasteiger charge is -2.13. The van der Waals surface area contributed by atoms with Crippen LogP contribution in [-0.2, 0) is 9.53 Å². The number of thioether (sulfide) groups is 1. The number of hydrogen-bond donors (Lipinski definition) is 0. The van der Waals surface area contributed by atoms with Crippen LogP contribution in [0.2, 0.25) is 0 Å². The fourth-order valence-corrected chi connectivity index (χ4v) is 4.29. The number of carbonyl (C=O) groups excluding carboxylic acids is 1. The first-order valence-corrected chi connectivity index (χ1v) is 8.90. The Morgan fingerprint density at radius 3 is 2.56 bits per heavy atom. The lowest BCUT2D eigenvalue weighted by molar-refractivity contribution is -0.134. The second-order valence-electron chi connectivity index (χ2n) is 5.91. The van der Waals surface area contributed by atoms with Crippen LogP contribution in [0.3, 0.4) is 0 Å². The maximum Gasteiger partial charge on any atom is 0.308 e. The number of para-hydroxylation sites is 1. The first-order valence-electron chi connectivity index (χ1n) is 8.09. The molecule has 0 atom stereocenters. The van der Waals surface area contributed by atoms with Crippen molar-refractivity contribution < 1.29 is 9.53 Å². The third-order valence-electron chi connectivity index (χ3n) is 4.12. The van der Waals surface area contributed by atoms with Gasteiger partial charge in [0.1, 0.15) is 0 Å². The molecule has 25 heavy (non-hydrogen) atoms. The number of aromatic nitrogens is 1. The highest BCUT2D eigenvalue weighted by Gasteiger charge is 2.25. The SMILES string of the molecule is CC(=O)OC1=C(c2ccccc2)Sc2cccc(C)c2-n2cccc21. The van der Waals surface area contributed by atoms with Crippen LogP contribution in [0.4, 0.5) is 0 Å². The van der Waals surface area contributed by atoms with Crippen molar-refractivity contribution in [3.63, 3.8) is 0 Å². The zero-order valence-electron chi connectivity index (χ0n) is 14.0. The lowest BCUT2D eigenvalue weighted by Crippen LogP contribution is -2.05. The van der Waals surface area contributed by atoms with Gasteiger partial charge in [-0.1, -0.05) is 54.2 Å². The second-order valence-corrected chi connectivity index (χ2v) is 6.96. The van der Waals surface area contributed by atoms with Gasteiger partial charge in [-0.2, -0.15) is 0 Å². The quantitative estimate of drug-likeness (QED) is 0.591. The minimum atomic E-state index is -0.320. The summed E-state index contributed by atoms with van der Waals surface area (Å²) in [5.74, 6) is 0.281. The fraction of sp³-hybridized carbons (Fsp3) is 0.0952. The number of ether oxygens (including phenoxy) is 1. The highest BCUT2D eigenvalue weighted by Crippen LogP contribution is 2.46. The summed E-state index contributed by atoms with van der Waals surface area (Å²) in [6, 6.07) is 20.3. The van der Waals surface area contributed by atoms with Gasteiger partial charge in [0.2, 0.25) is 0 Å². The molecule has 0 saturated heterocycles. The molecule has 0 amide bonds. The summed E-state index contributed by atoms with van der Waals surface area (Å²) in [6.45, 7) is 3.54. The van der Waals surface area contributed by atoms with Gasteiger partial charge in [-0.05, 0) is 36.2 Å². The van der Waals surface area contributed by atoms with Gasteiger partial charge >= 0.3 is 5.97 Å². The molecule has 0 unspecified atom stereocenters. The number of nitrogens with zero attached hydrogens (tertiary/aromatic N) is 1. The Morgan fingerprint density at radius 2 is 1.80 bits per heavy atom. The number of carbonyl (C=O) groups is 1. The number of esters is 1. The van der Waals surface area contributed by atoms with Crippen molar-refractivity contribution >= 4 is 28.4 Å². The van der Waals surface area contributed by atoms with Crippen molar-refractivity contribution in [3.05, 3.63) is 83.7 Å². The molecule has 1 aliphatic heterocycles. The van der Waals surface area contributed by atoms with Crippen molar-refractivity contribution in [2.75, 3.05) is 0 Å². The predicted molar refractivity (Wildman–Crippen MR) is 101 cm³/mol. The van der Waals surface area contributed by atoms with Gasteiger partial charge in [0.25, 0.3) is 0 Å². The first kappa shape index (κ1) is 15.8. The molecule has 2 heterocycles. The van der Waals surface area contributed by atoms with Crippen LogP contribution in [0.1, 0.15) is 23.7 Å². The van der Waals surface area contributed by atoms with Crippen LogP contribution < -0.4 is 0 Å². The monoisotopic (exact) mass is 347 g/mol. The van der Waals surface area contributed by atoms with Gasteiger partial charge in [-0.3, -0.25) is 4.79 Å². The number of fused-ring (bicyclic) bond motifs is 3. The topological polar surface area (TPSA) is 31.2 Å². The standard InChI is InChI=1S/C21H17NO2S/c1-14-8-6-12-18-19(14)22-13-7-11-17(22)20(24-15(2)23)21(25-18)16-9-4-3-5-10-16/h3-13H,1-2H3. The van der Waals surface area contributed by atoms with E-state index in [1.54, 1.807) is 11.8 Å². The molecule has 124 valence electrons. The zero-order chi connectivity index (χ0) is 17.4. The lowest BCUT2D eigenvalue weighted by atomic mass is 10.1. The molecular formula is C21H17NO2S. The van der Waals surface area contributed by atoms with Gasteiger partial charge in [0.05, 0.1) is 16.3 Å². The van der Waals surface area contributed by atoms with Crippen molar-refractivity contribution in [2.24, 2.45) is 0 Å². The molecule has 1 aromatic heterocycles. The summed E-state index contributed by atoms with van der Waals surface area (Å²) < 4.78 is 7.80. The molecular weight excluding hydrogens is 330 g/mol. The molecule has 0 N–H and O–H groups in total. The van der Waals surface area contributed by atoms with Crippen molar-refractivity contribution in [1.29, 1.82) is 0 Å². The zero-order valence-corrected chi connectivity index (χ0v) is 14.8. The van der Waals surface area contributed by atoms with Gasteiger partial charge in [-0.15, -0.1) is 0 Å². The van der Waals surface area contributed by atoms with Crippen LogP contribution in [0, 0.1) is 6.92 Å². The molecule has 4 rings (SSSR count). The molecule has 0 spiro atoms. The average Bonchev–Trinajstić information content (AvgIpc) is 3.03. The summed E-state index contributed by atoms with van der Waals surface area (Å²) in [5.41, 5.74) is 4.22. The summed E-state index contributed by atoms with van der Waals surface area (Å²) >= 11 is 1.64. The molecule has 4 heteroatoms. The Labute approximate surface area is 150 Å². The smallest absolute Gasteiger partial charge is 0.308 e. The van der Waals surface area contributed by atoms with Crippen LogP contribution >= 0.6 is 11.8 Å². The van der Waals surface area contributed by atoms with Crippen LogP contribution in [0.15, 0.2) is 71.8 Å². The normalized spacial score (nSPS) is 13.0. The molecule has 3 aromatic rings. The summed E-state index contributed by atoms with van der Waals surface area (Å²) in [7, 11) is 0. The van der Waals surface area contributed by atoms with Gasteiger partial charge < -0.3 is 9.30 Å². The van der Waals surface area contributed by atoms with Gasteiger partial charge in [0.15, 0.2) is 5.76 Å². The summed E-state index contributed by atoms with van der Waals surface area (Å²) in [6.07, 6.45) is 2.01. The second kappa shape index (κ2) is 6.30. The van der Waals surface area contributed by atoms with Gasteiger partial charge in [0, 0.05) is 18.0 Å². The summed E-state index contributed by atoms with van der Waals surface area (Å²) in [4.78, 5) is 13.9. The van der Waals surface area contributed by atoms with Crippen molar-refractivity contribution in [1.82, 2.24) is 4.57 Å². The third-order valence-corrected chi connectivity index (χ3v) is 5.30. The van der Waals surface area contributed by atoms with E-state index in [1.165, 1.54) is 12.5 Å². The molecule has 3 nitrogen and oxygen atoms in total. The Hall–Kier alpha value is -2.72. The van der Waals surface area contributed by atoms with Crippen LogP contribution in [0.25, 0.3) is 16.4 Å². The Kier molecular flexibility index (Phi) is 3.98. The number of aryl methyl sites for hydroxylation is 1. The largest absolute Gasteiger partial charge is 0.423 e. The fourth-order valence-electron chi connectivity index (χ4n) is 3.08. The number of hydrogen-bond acceptors (Lipinski definition) is 3. The minimum Gasteiger partial charge on any atom is -0.423 e. The van der Waals surface area contributed by atoms with Crippen LogP contribution in [0.5, 0.6) is 0 Å². The van der Waals surface area contributed by atoms with E-state index >= 15 is 0 Å². The molecule has 0 bridgehead atoms. The molecule has 0 radical (unpaired) electrons. The Bertz CT molecular complexity index is 986. The van der Waals surface area contributed by atoms with E-state index in [2.05, 4.69) is 29.7 Å². The Balaban J connectivity index is 2.04. The summed E-state index contributed by atoms with van der Waals surface area (Å²) in [5, 5.41) is 0. The third kappa shape index (κ3) is 2.79. The van der Waals surface area contributed by atoms with Crippen LogP contribution in [-0.4, -0.2) is 10.5 Å². The van der Waals surface area contributed by atoms with E-state index in [-0.39, 0.29) is 5.97 Å². The predicted octanol–water partition coefficient (Wildman–Crippen LogP) is 5.28. The molecule has 0 fully saturated rings. The highest BCUT2D eigenvalue weighted by molar-refractivity contribution is 8.08. The molecule has 0 saturated carbocycles. The van der Waals surface area contributed by atoms with Crippen molar-refractivity contribution in [3.8, 4) is 5.69 Å². The van der Waals surface area contributed by atoms with Gasteiger partial charge in [-0.25, -0.2) is 0 Å². The van der Waals surface area contributed by atoms with E-state index in [1.807, 2.05) is 48.7 Å². The van der Waals surface area contributed by atoms with E-state index in [0.717, 1.165) is 26.7 Å². The van der Waals surface area contributed by atoms with E-state index in [0.29, 0.717) is 5.76 Å². The van der Waals surface area contributed by atoms with Crippen molar-refractivity contribution in [2.45, 2.75) is 18.7 Å². The average molecular weight is 347 g/mol. The Morgan fingerprint density at radius 1 is 1.00 bits per heavy atom. The van der Waals surface area contributed by atoms with E-state index < -0.39 is 0 Å². The maximum atomic E-state index is 11.8. The molecule has 2 aromatic carbocycles. The molecule has 1 aliphatic rings. The minimum absolute atomic E-state index is 0.320. The maximum absolute atomic E-state index is 11.8. The number of rotatable bonds is 2. The first-order chi connectivity index (χ1) is 12.1. The van der Waals surface area contributed by atoms with E-state index in [4.69, 9.17) is 4.74 Å². The molecule has 0 aliphatic carbocycles.